The van der Waals surface area contributed by atoms with Crippen molar-refractivity contribution in [3.8, 4) is 0 Å². The molecular weight excluding hydrogens is 232 g/mol. The zero-order chi connectivity index (χ0) is 13.1. The fraction of sp³-hybridized carbons (Fsp3) is 0.462. The Kier molecular flexibility index (Phi) is 4.60. The van der Waals surface area contributed by atoms with Gasteiger partial charge < -0.3 is 11.5 Å². The van der Waals surface area contributed by atoms with Crippen LogP contribution in [0.15, 0.2) is 23.1 Å². The van der Waals surface area contributed by atoms with Gasteiger partial charge in [-0.15, -0.1) is 11.8 Å². The van der Waals surface area contributed by atoms with Crippen LogP contribution in [-0.4, -0.2) is 17.2 Å². The number of benzene rings is 1. The number of carbonyl (C=O) groups excluding carboxylic acids is 1. The molecule has 0 fully saturated rings. The summed E-state index contributed by atoms with van der Waals surface area (Å²) in [7, 11) is 0. The normalized spacial score (nSPS) is 14.4. The predicted octanol–water partition coefficient (Wildman–Crippen LogP) is 1.99. The van der Waals surface area contributed by atoms with Gasteiger partial charge in [0.1, 0.15) is 0 Å². The summed E-state index contributed by atoms with van der Waals surface area (Å²) >= 11 is 1.71. The summed E-state index contributed by atoms with van der Waals surface area (Å²) in [5.41, 5.74) is 12.6. The van der Waals surface area contributed by atoms with E-state index in [1.54, 1.807) is 18.7 Å². The molecule has 0 bridgehead atoms. The average Bonchev–Trinajstić information content (AvgIpc) is 2.21. The fourth-order valence-electron chi connectivity index (χ4n) is 1.46. The molecule has 1 atom stereocenters. The van der Waals surface area contributed by atoms with E-state index in [9.17, 15) is 4.79 Å². The number of rotatable bonds is 5. The Balaban J connectivity index is 2.54. The number of nitrogens with two attached hydrogens (primary N) is 2. The second-order valence-electron chi connectivity index (χ2n) is 4.65. The molecule has 1 rings (SSSR count). The van der Waals surface area contributed by atoms with Gasteiger partial charge >= 0.3 is 0 Å². The Morgan fingerprint density at radius 1 is 1.41 bits per heavy atom. The van der Waals surface area contributed by atoms with Crippen molar-refractivity contribution in [3.05, 3.63) is 29.3 Å². The van der Waals surface area contributed by atoms with E-state index in [0.29, 0.717) is 6.42 Å². The molecule has 0 aromatic heterocycles. The first-order valence-corrected chi connectivity index (χ1v) is 6.60. The second-order valence-corrected chi connectivity index (χ2v) is 5.79. The molecule has 1 amide bonds. The number of amides is 1. The van der Waals surface area contributed by atoms with Crippen molar-refractivity contribution in [1.82, 2.24) is 0 Å². The first-order chi connectivity index (χ1) is 7.83. The lowest BCUT2D eigenvalue weighted by Gasteiger charge is -2.20. The van der Waals surface area contributed by atoms with Gasteiger partial charge in [-0.1, -0.05) is 17.7 Å². The molecule has 0 spiro atoms. The molecule has 4 N–H and O–H groups in total. The number of carbonyl (C=O) groups is 1. The van der Waals surface area contributed by atoms with E-state index in [-0.39, 0.29) is 0 Å². The van der Waals surface area contributed by atoms with Crippen molar-refractivity contribution in [1.29, 1.82) is 0 Å². The quantitative estimate of drug-likeness (QED) is 0.787. The third-order valence-corrected chi connectivity index (χ3v) is 3.95. The summed E-state index contributed by atoms with van der Waals surface area (Å²) in [4.78, 5) is 12.3. The Morgan fingerprint density at radius 2 is 2.06 bits per heavy atom. The van der Waals surface area contributed by atoms with Crippen LogP contribution < -0.4 is 11.5 Å². The summed E-state index contributed by atoms with van der Waals surface area (Å²) in [6.07, 6.45) is 0.584. The van der Waals surface area contributed by atoms with Gasteiger partial charge in [-0.3, -0.25) is 4.79 Å². The minimum absolute atomic E-state index is 0.446. The van der Waals surface area contributed by atoms with Gasteiger partial charge in [0.25, 0.3) is 0 Å². The first-order valence-electron chi connectivity index (χ1n) is 5.62. The first kappa shape index (κ1) is 14.1. The molecular formula is C13H20N2OS. The Bertz CT molecular complexity index is 416. The van der Waals surface area contributed by atoms with Gasteiger partial charge in [0, 0.05) is 10.6 Å². The van der Waals surface area contributed by atoms with Crippen LogP contribution in [0.5, 0.6) is 0 Å². The van der Waals surface area contributed by atoms with Gasteiger partial charge in [0.05, 0.1) is 5.54 Å². The highest BCUT2D eigenvalue weighted by atomic mass is 32.2. The van der Waals surface area contributed by atoms with E-state index >= 15 is 0 Å². The molecule has 17 heavy (non-hydrogen) atoms. The zero-order valence-corrected chi connectivity index (χ0v) is 11.4. The molecule has 0 saturated heterocycles. The minimum Gasteiger partial charge on any atom is -0.368 e. The SMILES string of the molecule is Cc1ccc(SCCC(C)(N)C(N)=O)c(C)c1. The topological polar surface area (TPSA) is 69.1 Å². The van der Waals surface area contributed by atoms with Crippen LogP contribution in [0.2, 0.25) is 0 Å². The molecule has 4 heteroatoms. The fourth-order valence-corrected chi connectivity index (χ4v) is 2.65. The van der Waals surface area contributed by atoms with Crippen molar-refractivity contribution in [2.24, 2.45) is 11.5 Å². The Labute approximate surface area is 107 Å². The van der Waals surface area contributed by atoms with Gasteiger partial charge in [0.15, 0.2) is 0 Å². The number of aryl methyl sites for hydroxylation is 2. The lowest BCUT2D eigenvalue weighted by Crippen LogP contribution is -2.49. The minimum atomic E-state index is -0.911. The standard InChI is InChI=1S/C13H20N2OS/c1-9-4-5-11(10(2)8-9)17-7-6-13(3,15)12(14)16/h4-5,8H,6-7,15H2,1-3H3,(H2,14,16). The van der Waals surface area contributed by atoms with Gasteiger partial charge in [-0.05, 0) is 38.8 Å². The van der Waals surface area contributed by atoms with Crippen molar-refractivity contribution in [2.45, 2.75) is 37.6 Å². The van der Waals surface area contributed by atoms with Crippen molar-refractivity contribution >= 4 is 17.7 Å². The van der Waals surface area contributed by atoms with Crippen LogP contribution in [0.1, 0.15) is 24.5 Å². The van der Waals surface area contributed by atoms with Gasteiger partial charge in [-0.2, -0.15) is 0 Å². The molecule has 94 valence electrons. The van der Waals surface area contributed by atoms with Crippen LogP contribution >= 0.6 is 11.8 Å². The lowest BCUT2D eigenvalue weighted by atomic mass is 10.0. The zero-order valence-electron chi connectivity index (χ0n) is 10.6. The highest BCUT2D eigenvalue weighted by molar-refractivity contribution is 7.99. The molecule has 3 nitrogen and oxygen atoms in total. The molecule has 0 heterocycles. The average molecular weight is 252 g/mol. The summed E-state index contributed by atoms with van der Waals surface area (Å²) in [5, 5.41) is 0. The highest BCUT2D eigenvalue weighted by Gasteiger charge is 2.24. The van der Waals surface area contributed by atoms with Crippen molar-refractivity contribution in [2.75, 3.05) is 5.75 Å². The van der Waals surface area contributed by atoms with Crippen molar-refractivity contribution < 1.29 is 4.79 Å². The number of primary amides is 1. The molecule has 0 radical (unpaired) electrons. The van der Waals surface area contributed by atoms with Gasteiger partial charge in [-0.25, -0.2) is 0 Å². The van der Waals surface area contributed by atoms with Crippen LogP contribution in [0.25, 0.3) is 0 Å². The van der Waals surface area contributed by atoms with E-state index in [2.05, 4.69) is 32.0 Å². The summed E-state index contributed by atoms with van der Waals surface area (Å²) in [5.74, 6) is 0.346. The number of hydrogen-bond donors (Lipinski definition) is 2. The molecule has 0 aliphatic heterocycles. The lowest BCUT2D eigenvalue weighted by molar-refractivity contribution is -0.122. The maximum Gasteiger partial charge on any atom is 0.237 e. The van der Waals surface area contributed by atoms with E-state index in [1.165, 1.54) is 16.0 Å². The van der Waals surface area contributed by atoms with E-state index in [0.717, 1.165) is 5.75 Å². The maximum atomic E-state index is 11.1. The molecule has 0 saturated carbocycles. The van der Waals surface area contributed by atoms with Gasteiger partial charge in [0.2, 0.25) is 5.91 Å². The molecule has 1 aromatic carbocycles. The molecule has 0 aliphatic carbocycles. The summed E-state index contributed by atoms with van der Waals surface area (Å²) in [6.45, 7) is 5.84. The Morgan fingerprint density at radius 3 is 2.59 bits per heavy atom. The van der Waals surface area contributed by atoms with Crippen LogP contribution in [-0.2, 0) is 4.79 Å². The Hall–Kier alpha value is -1.00. The smallest absolute Gasteiger partial charge is 0.237 e. The van der Waals surface area contributed by atoms with Crippen LogP contribution in [0.3, 0.4) is 0 Å². The number of hydrogen-bond acceptors (Lipinski definition) is 3. The van der Waals surface area contributed by atoms with Crippen LogP contribution in [0.4, 0.5) is 0 Å². The third-order valence-electron chi connectivity index (χ3n) is 2.77. The largest absolute Gasteiger partial charge is 0.368 e. The van der Waals surface area contributed by atoms with E-state index < -0.39 is 11.4 Å². The maximum absolute atomic E-state index is 11.1. The summed E-state index contributed by atoms with van der Waals surface area (Å²) in [6, 6.07) is 6.34. The summed E-state index contributed by atoms with van der Waals surface area (Å²) < 4.78 is 0. The van der Waals surface area contributed by atoms with Crippen LogP contribution in [0, 0.1) is 13.8 Å². The highest BCUT2D eigenvalue weighted by Crippen LogP contribution is 2.25. The predicted molar refractivity (Wildman–Crippen MR) is 73.0 cm³/mol. The molecule has 0 aliphatic rings. The third kappa shape index (κ3) is 4.06. The van der Waals surface area contributed by atoms with E-state index in [4.69, 9.17) is 11.5 Å². The molecule has 1 unspecified atom stereocenters. The number of thioether (sulfide) groups is 1. The second kappa shape index (κ2) is 5.56. The monoisotopic (exact) mass is 252 g/mol. The van der Waals surface area contributed by atoms with E-state index in [1.807, 2.05) is 0 Å². The molecule has 1 aromatic rings. The van der Waals surface area contributed by atoms with Crippen molar-refractivity contribution in [3.63, 3.8) is 0 Å².